The largest absolute Gasteiger partial charge is 0.395 e. The van der Waals surface area contributed by atoms with Gasteiger partial charge in [0.1, 0.15) is 5.69 Å². The molecule has 3 aromatic rings. The van der Waals surface area contributed by atoms with Crippen molar-refractivity contribution in [3.05, 3.63) is 71.1 Å². The summed E-state index contributed by atoms with van der Waals surface area (Å²) in [6.07, 6.45) is 2.84. The summed E-state index contributed by atoms with van der Waals surface area (Å²) in [5.41, 5.74) is 6.38. The summed E-state index contributed by atoms with van der Waals surface area (Å²) < 4.78 is 2.23. The summed E-state index contributed by atoms with van der Waals surface area (Å²) >= 11 is 0. The number of aryl methyl sites for hydroxylation is 1. The molecule has 0 radical (unpaired) electrons. The van der Waals surface area contributed by atoms with E-state index in [9.17, 15) is 4.79 Å². The second-order valence-electron chi connectivity index (χ2n) is 7.76. The smallest absolute Gasteiger partial charge is 0.270 e. The predicted octanol–water partition coefficient (Wildman–Crippen LogP) is 3.55. The lowest BCUT2D eigenvalue weighted by molar-refractivity contribution is 0.0940. The Labute approximate surface area is 189 Å². The minimum Gasteiger partial charge on any atom is -0.395 e. The fourth-order valence-corrected chi connectivity index (χ4v) is 4.27. The van der Waals surface area contributed by atoms with Gasteiger partial charge in [0, 0.05) is 37.3 Å². The van der Waals surface area contributed by atoms with E-state index in [1.165, 1.54) is 11.1 Å². The Morgan fingerprint density at radius 3 is 2.74 bits per heavy atom. The molecule has 0 aliphatic carbocycles. The Bertz CT molecular complexity index is 1120. The lowest BCUT2D eigenvalue weighted by Gasteiger charge is -2.31. The first-order chi connectivity index (χ1) is 14.5. The highest BCUT2D eigenvalue weighted by atomic mass is 35.5. The van der Waals surface area contributed by atoms with E-state index in [0.29, 0.717) is 12.2 Å². The summed E-state index contributed by atoms with van der Waals surface area (Å²) in [6, 6.07) is 10.4. The van der Waals surface area contributed by atoms with Gasteiger partial charge in [-0.2, -0.15) is 0 Å². The molecule has 0 spiro atoms. The van der Waals surface area contributed by atoms with Crippen LogP contribution in [0.5, 0.6) is 0 Å². The maximum Gasteiger partial charge on any atom is 0.270 e. The number of rotatable bonds is 6. The molecule has 3 heterocycles. The van der Waals surface area contributed by atoms with Crippen molar-refractivity contribution >= 4 is 35.0 Å². The molecular weight excluding hydrogens is 412 g/mol. The van der Waals surface area contributed by atoms with Gasteiger partial charge in [0.25, 0.3) is 5.91 Å². The van der Waals surface area contributed by atoms with E-state index in [0.717, 1.165) is 47.5 Å². The molecule has 4 rings (SSSR count). The van der Waals surface area contributed by atoms with Crippen LogP contribution in [-0.2, 0) is 19.5 Å². The van der Waals surface area contributed by atoms with E-state index in [1.807, 2.05) is 12.1 Å². The molecule has 7 heteroatoms. The van der Waals surface area contributed by atoms with Gasteiger partial charge in [-0.15, -0.1) is 19.0 Å². The fourth-order valence-electron chi connectivity index (χ4n) is 4.27. The van der Waals surface area contributed by atoms with Gasteiger partial charge in [0.15, 0.2) is 5.82 Å². The average molecular weight is 441 g/mol. The number of nitrogens with one attached hydrogen (secondary N) is 1. The van der Waals surface area contributed by atoms with E-state index >= 15 is 0 Å². The number of fused-ring (bicyclic) bond motifs is 2. The normalized spacial score (nSPS) is 12.9. The van der Waals surface area contributed by atoms with Crippen LogP contribution in [0.15, 0.2) is 43.0 Å². The molecule has 164 valence electrons. The molecule has 2 N–H and O–H groups in total. The highest BCUT2D eigenvalue weighted by Gasteiger charge is 2.25. The third kappa shape index (κ3) is 4.18. The van der Waals surface area contributed by atoms with Crippen molar-refractivity contribution in [3.8, 4) is 0 Å². The second-order valence-corrected chi connectivity index (χ2v) is 7.76. The Kier molecular flexibility index (Phi) is 7.03. The SMILES string of the molecule is C=CCn1c(C)c(C)c2cc(C(=O)NCCO)nc(N3CCc4ccccc4C3)c21.Cl. The minimum absolute atomic E-state index is 0. The number of halogens is 1. The number of aliphatic hydroxyl groups excluding tert-OH is 1. The third-order valence-electron chi connectivity index (χ3n) is 5.97. The van der Waals surface area contributed by atoms with Crippen LogP contribution in [0.2, 0.25) is 0 Å². The second kappa shape index (κ2) is 9.54. The number of amides is 1. The van der Waals surface area contributed by atoms with E-state index < -0.39 is 0 Å². The first-order valence-corrected chi connectivity index (χ1v) is 10.4. The van der Waals surface area contributed by atoms with Gasteiger partial charge in [0.05, 0.1) is 12.1 Å². The molecule has 0 bridgehead atoms. The highest BCUT2D eigenvalue weighted by Crippen LogP contribution is 2.35. The predicted molar refractivity (Wildman–Crippen MR) is 127 cm³/mol. The number of carbonyl (C=O) groups excluding carboxylic acids is 1. The monoisotopic (exact) mass is 440 g/mol. The van der Waals surface area contributed by atoms with Gasteiger partial charge in [-0.3, -0.25) is 4.79 Å². The minimum atomic E-state index is -0.266. The summed E-state index contributed by atoms with van der Waals surface area (Å²) in [4.78, 5) is 19.8. The first-order valence-electron chi connectivity index (χ1n) is 10.4. The third-order valence-corrected chi connectivity index (χ3v) is 5.97. The van der Waals surface area contributed by atoms with E-state index in [4.69, 9.17) is 10.1 Å². The lowest BCUT2D eigenvalue weighted by Crippen LogP contribution is -2.33. The Morgan fingerprint density at radius 2 is 2.03 bits per heavy atom. The van der Waals surface area contributed by atoms with Crippen molar-refractivity contribution in [1.29, 1.82) is 0 Å². The van der Waals surface area contributed by atoms with Gasteiger partial charge in [0.2, 0.25) is 0 Å². The van der Waals surface area contributed by atoms with Crippen molar-refractivity contribution in [2.24, 2.45) is 0 Å². The van der Waals surface area contributed by atoms with Crippen LogP contribution < -0.4 is 10.2 Å². The Balaban J connectivity index is 0.00000272. The lowest BCUT2D eigenvalue weighted by atomic mass is 10.00. The zero-order chi connectivity index (χ0) is 21.3. The molecule has 0 atom stereocenters. The summed E-state index contributed by atoms with van der Waals surface area (Å²) in [7, 11) is 0. The molecule has 0 unspecified atom stereocenters. The number of aliphatic hydroxyl groups is 1. The molecule has 0 saturated carbocycles. The van der Waals surface area contributed by atoms with E-state index in [-0.39, 0.29) is 31.5 Å². The van der Waals surface area contributed by atoms with E-state index in [2.05, 4.69) is 59.5 Å². The van der Waals surface area contributed by atoms with Crippen molar-refractivity contribution < 1.29 is 9.90 Å². The van der Waals surface area contributed by atoms with Crippen LogP contribution in [-0.4, -0.2) is 40.3 Å². The molecular formula is C24H29ClN4O2. The molecule has 31 heavy (non-hydrogen) atoms. The number of hydrogen-bond acceptors (Lipinski definition) is 4. The number of nitrogens with zero attached hydrogens (tertiary/aromatic N) is 3. The average Bonchev–Trinajstić information content (AvgIpc) is 3.01. The molecule has 1 amide bonds. The van der Waals surface area contributed by atoms with Gasteiger partial charge in [-0.25, -0.2) is 4.98 Å². The summed E-state index contributed by atoms with van der Waals surface area (Å²) in [5, 5.41) is 12.8. The number of allylic oxidation sites excluding steroid dienone is 1. The first kappa shape index (κ1) is 22.8. The van der Waals surface area contributed by atoms with Crippen molar-refractivity contribution in [1.82, 2.24) is 14.9 Å². The van der Waals surface area contributed by atoms with Gasteiger partial charge < -0.3 is 19.9 Å². The molecule has 0 fully saturated rings. The molecule has 0 saturated heterocycles. The van der Waals surface area contributed by atoms with Gasteiger partial charge in [-0.05, 0) is 43.0 Å². The van der Waals surface area contributed by atoms with Crippen LogP contribution in [0.3, 0.4) is 0 Å². The van der Waals surface area contributed by atoms with Crippen LogP contribution in [0, 0.1) is 13.8 Å². The molecule has 1 aliphatic rings. The zero-order valence-corrected chi connectivity index (χ0v) is 18.8. The zero-order valence-electron chi connectivity index (χ0n) is 18.0. The quantitative estimate of drug-likeness (QED) is 0.575. The van der Waals surface area contributed by atoms with Crippen molar-refractivity contribution in [2.75, 3.05) is 24.6 Å². The Morgan fingerprint density at radius 1 is 1.29 bits per heavy atom. The number of pyridine rings is 1. The number of benzene rings is 1. The highest BCUT2D eigenvalue weighted by molar-refractivity contribution is 6.01. The molecule has 2 aromatic heterocycles. The molecule has 1 aliphatic heterocycles. The van der Waals surface area contributed by atoms with Crippen LogP contribution in [0.1, 0.15) is 32.9 Å². The maximum atomic E-state index is 12.7. The summed E-state index contributed by atoms with van der Waals surface area (Å²) in [5.74, 6) is 0.562. The van der Waals surface area contributed by atoms with Crippen molar-refractivity contribution in [3.63, 3.8) is 0 Å². The van der Waals surface area contributed by atoms with Gasteiger partial charge >= 0.3 is 0 Å². The van der Waals surface area contributed by atoms with Crippen LogP contribution in [0.4, 0.5) is 5.82 Å². The fraction of sp³-hybridized carbons (Fsp3) is 0.333. The van der Waals surface area contributed by atoms with Crippen LogP contribution in [0.25, 0.3) is 10.9 Å². The van der Waals surface area contributed by atoms with Crippen molar-refractivity contribution in [2.45, 2.75) is 33.4 Å². The van der Waals surface area contributed by atoms with Crippen LogP contribution >= 0.6 is 12.4 Å². The number of anilines is 1. The standard InChI is InChI=1S/C24H28N4O2.ClH/c1-4-11-28-17(3)16(2)20-14-21(24(30)25-10-13-29)26-23(22(20)28)27-12-9-18-7-5-6-8-19(18)15-27;/h4-8,14,29H,1,9-13,15H2,2-3H3,(H,25,30);1H. The van der Waals surface area contributed by atoms with Gasteiger partial charge in [-0.1, -0.05) is 30.3 Å². The Hall–Kier alpha value is -2.83. The molecule has 1 aromatic carbocycles. The number of carbonyl (C=O) groups is 1. The summed E-state index contributed by atoms with van der Waals surface area (Å²) in [6.45, 7) is 10.5. The van der Waals surface area contributed by atoms with E-state index in [1.54, 1.807) is 0 Å². The maximum absolute atomic E-state index is 12.7. The number of hydrogen-bond donors (Lipinski definition) is 2. The molecule has 6 nitrogen and oxygen atoms in total. The topological polar surface area (TPSA) is 70.4 Å². The number of aromatic nitrogens is 2.